The summed E-state index contributed by atoms with van der Waals surface area (Å²) in [4.78, 5) is 17.8. The number of nitrogens with one attached hydrogen (secondary N) is 1. The molecule has 152 valence electrons. The number of carbonyl (C=O) groups is 1. The molecule has 1 aromatic heterocycles. The summed E-state index contributed by atoms with van der Waals surface area (Å²) in [6.45, 7) is 1.81. The topological polar surface area (TPSA) is 94.0 Å². The molecule has 0 spiro atoms. The maximum absolute atomic E-state index is 13.3. The monoisotopic (exact) mass is 396 g/mol. The standard InChI is InChI=1S/C20H32N4O2.ClH/c1-13-22-19(24-26-13)20(9-4-2-3-5-10-20)23-18(25)16-11-14-7-6-8-15(12-16)17(14)21;/h14-17H,2-12,21H2,1H3,(H,23,25);1H. The predicted molar refractivity (Wildman–Crippen MR) is 105 cm³/mol. The highest BCUT2D eigenvalue weighted by Gasteiger charge is 2.44. The van der Waals surface area contributed by atoms with Crippen molar-refractivity contribution in [1.29, 1.82) is 0 Å². The molecule has 3 N–H and O–H groups in total. The minimum atomic E-state index is -0.458. The molecule has 3 saturated carbocycles. The van der Waals surface area contributed by atoms with Crippen LogP contribution in [0.15, 0.2) is 4.52 Å². The fourth-order valence-corrected chi connectivity index (χ4v) is 5.57. The molecule has 1 heterocycles. The molecule has 1 aromatic rings. The second-order valence-electron chi connectivity index (χ2n) is 8.82. The SMILES string of the molecule is Cc1nc(C2(NC(=O)C3CC4CCCC(C3)C4N)CCCCCC2)no1.Cl. The average molecular weight is 397 g/mol. The lowest BCUT2D eigenvalue weighted by atomic mass is 9.65. The summed E-state index contributed by atoms with van der Waals surface area (Å²) in [7, 11) is 0. The van der Waals surface area contributed by atoms with Crippen LogP contribution >= 0.6 is 12.4 Å². The summed E-state index contributed by atoms with van der Waals surface area (Å²) in [6, 6.07) is 0.291. The van der Waals surface area contributed by atoms with Gasteiger partial charge in [0.05, 0.1) is 0 Å². The third-order valence-corrected chi connectivity index (χ3v) is 7.06. The van der Waals surface area contributed by atoms with Crippen molar-refractivity contribution in [3.05, 3.63) is 11.7 Å². The highest BCUT2D eigenvalue weighted by molar-refractivity contribution is 5.85. The van der Waals surface area contributed by atoms with E-state index in [0.717, 1.165) is 38.5 Å². The molecule has 0 saturated heterocycles. The van der Waals surface area contributed by atoms with Gasteiger partial charge in [0.2, 0.25) is 11.8 Å². The van der Waals surface area contributed by atoms with Gasteiger partial charge in [-0.3, -0.25) is 4.79 Å². The Kier molecular flexibility index (Phi) is 6.46. The van der Waals surface area contributed by atoms with Crippen LogP contribution in [0.25, 0.3) is 0 Å². The molecular weight excluding hydrogens is 364 g/mol. The number of halogens is 1. The normalized spacial score (nSPS) is 32.8. The first-order chi connectivity index (χ1) is 12.6. The van der Waals surface area contributed by atoms with Gasteiger partial charge in [-0.2, -0.15) is 4.98 Å². The number of aromatic nitrogens is 2. The second kappa shape index (κ2) is 8.48. The summed E-state index contributed by atoms with van der Waals surface area (Å²) >= 11 is 0. The summed E-state index contributed by atoms with van der Waals surface area (Å²) in [5.41, 5.74) is 5.95. The van der Waals surface area contributed by atoms with Crippen molar-refractivity contribution in [2.45, 2.75) is 89.1 Å². The van der Waals surface area contributed by atoms with Crippen molar-refractivity contribution in [2.75, 3.05) is 0 Å². The minimum Gasteiger partial charge on any atom is -0.343 e. The molecule has 3 fully saturated rings. The number of nitrogens with two attached hydrogens (primary N) is 1. The van der Waals surface area contributed by atoms with E-state index >= 15 is 0 Å². The fourth-order valence-electron chi connectivity index (χ4n) is 5.57. The van der Waals surface area contributed by atoms with Crippen LogP contribution in [0.3, 0.4) is 0 Å². The van der Waals surface area contributed by atoms with Crippen molar-refractivity contribution in [3.63, 3.8) is 0 Å². The van der Waals surface area contributed by atoms with Gasteiger partial charge in [-0.25, -0.2) is 0 Å². The molecule has 7 heteroatoms. The summed E-state index contributed by atoms with van der Waals surface area (Å²) < 4.78 is 5.26. The number of fused-ring (bicyclic) bond motifs is 2. The van der Waals surface area contributed by atoms with Gasteiger partial charge in [0.15, 0.2) is 5.82 Å². The van der Waals surface area contributed by atoms with Gasteiger partial charge >= 0.3 is 0 Å². The zero-order chi connectivity index (χ0) is 18.1. The van der Waals surface area contributed by atoms with Crippen LogP contribution in [-0.2, 0) is 10.3 Å². The van der Waals surface area contributed by atoms with E-state index in [1.807, 2.05) is 6.92 Å². The first-order valence-electron chi connectivity index (χ1n) is 10.5. The molecule has 1 amide bonds. The number of hydrogen-bond donors (Lipinski definition) is 2. The molecule has 0 aliphatic heterocycles. The molecule has 3 aliphatic carbocycles. The Morgan fingerprint density at radius 2 is 1.74 bits per heavy atom. The lowest BCUT2D eigenvalue weighted by Crippen LogP contribution is -2.53. The van der Waals surface area contributed by atoms with E-state index in [9.17, 15) is 4.79 Å². The quantitative estimate of drug-likeness (QED) is 0.761. The Labute approximate surface area is 167 Å². The summed E-state index contributed by atoms with van der Waals surface area (Å²) in [5.74, 6) is 2.51. The maximum Gasteiger partial charge on any atom is 0.223 e. The third-order valence-electron chi connectivity index (χ3n) is 7.06. The molecule has 0 aromatic carbocycles. The van der Waals surface area contributed by atoms with Gasteiger partial charge in [0.1, 0.15) is 5.54 Å². The van der Waals surface area contributed by atoms with Gasteiger partial charge in [-0.15, -0.1) is 12.4 Å². The van der Waals surface area contributed by atoms with E-state index in [2.05, 4.69) is 15.5 Å². The molecule has 3 aliphatic rings. The summed E-state index contributed by atoms with van der Waals surface area (Å²) in [5, 5.41) is 7.61. The molecule has 2 bridgehead atoms. The molecule has 0 radical (unpaired) electrons. The molecule has 27 heavy (non-hydrogen) atoms. The van der Waals surface area contributed by atoms with Crippen molar-refractivity contribution in [2.24, 2.45) is 23.5 Å². The first kappa shape index (κ1) is 20.6. The average Bonchev–Trinajstić information content (AvgIpc) is 2.90. The third kappa shape index (κ3) is 4.16. The lowest BCUT2D eigenvalue weighted by Gasteiger charge is -2.44. The minimum absolute atomic E-state index is 0. The van der Waals surface area contributed by atoms with Gasteiger partial charge in [0, 0.05) is 18.9 Å². The first-order valence-corrected chi connectivity index (χ1v) is 10.5. The number of nitrogens with zero attached hydrogens (tertiary/aromatic N) is 2. The number of carbonyl (C=O) groups excluding carboxylic acids is 1. The second-order valence-corrected chi connectivity index (χ2v) is 8.82. The van der Waals surface area contributed by atoms with Gasteiger partial charge in [-0.05, 0) is 50.4 Å². The van der Waals surface area contributed by atoms with E-state index in [0.29, 0.717) is 29.6 Å². The van der Waals surface area contributed by atoms with Crippen LogP contribution in [0, 0.1) is 24.7 Å². The van der Waals surface area contributed by atoms with E-state index in [1.54, 1.807) is 0 Å². The molecule has 4 rings (SSSR count). The zero-order valence-corrected chi connectivity index (χ0v) is 17.1. The van der Waals surface area contributed by atoms with Crippen molar-refractivity contribution in [1.82, 2.24) is 15.5 Å². The van der Waals surface area contributed by atoms with Gasteiger partial charge in [0.25, 0.3) is 0 Å². The predicted octanol–water partition coefficient (Wildman–Crippen LogP) is 3.62. The van der Waals surface area contributed by atoms with E-state index in [1.165, 1.54) is 32.1 Å². The molecule has 6 nitrogen and oxygen atoms in total. The van der Waals surface area contributed by atoms with E-state index < -0.39 is 5.54 Å². The van der Waals surface area contributed by atoms with Crippen molar-refractivity contribution in [3.8, 4) is 0 Å². The zero-order valence-electron chi connectivity index (χ0n) is 16.3. The van der Waals surface area contributed by atoms with Gasteiger partial charge in [-0.1, -0.05) is 37.3 Å². The smallest absolute Gasteiger partial charge is 0.223 e. The lowest BCUT2D eigenvalue weighted by molar-refractivity contribution is -0.130. The number of aryl methyl sites for hydroxylation is 1. The van der Waals surface area contributed by atoms with Crippen LogP contribution < -0.4 is 11.1 Å². The fraction of sp³-hybridized carbons (Fsp3) is 0.850. The highest BCUT2D eigenvalue weighted by atomic mass is 35.5. The molecule has 2 unspecified atom stereocenters. The molecule has 2 atom stereocenters. The van der Waals surface area contributed by atoms with Crippen LogP contribution in [0.1, 0.15) is 82.3 Å². The van der Waals surface area contributed by atoms with Crippen LogP contribution in [0.5, 0.6) is 0 Å². The van der Waals surface area contributed by atoms with Crippen molar-refractivity contribution >= 4 is 18.3 Å². The molecular formula is C20H33ClN4O2. The van der Waals surface area contributed by atoms with Crippen LogP contribution in [0.2, 0.25) is 0 Å². The van der Waals surface area contributed by atoms with Crippen LogP contribution in [-0.4, -0.2) is 22.1 Å². The number of amides is 1. The van der Waals surface area contributed by atoms with Crippen LogP contribution in [0.4, 0.5) is 0 Å². The number of rotatable bonds is 3. The van der Waals surface area contributed by atoms with E-state index in [-0.39, 0.29) is 24.2 Å². The Bertz CT molecular complexity index is 628. The Hall–Kier alpha value is -1.14. The Morgan fingerprint density at radius 1 is 1.11 bits per heavy atom. The summed E-state index contributed by atoms with van der Waals surface area (Å²) in [6.07, 6.45) is 11.9. The highest BCUT2D eigenvalue weighted by Crippen LogP contribution is 2.43. The van der Waals surface area contributed by atoms with Gasteiger partial charge < -0.3 is 15.6 Å². The van der Waals surface area contributed by atoms with Crippen molar-refractivity contribution < 1.29 is 9.32 Å². The van der Waals surface area contributed by atoms with E-state index in [4.69, 9.17) is 10.3 Å². The number of hydrogen-bond acceptors (Lipinski definition) is 5. The largest absolute Gasteiger partial charge is 0.343 e. The Balaban J connectivity index is 0.00000210. The maximum atomic E-state index is 13.3. The Morgan fingerprint density at radius 3 is 2.30 bits per heavy atom.